The molecule has 116 valence electrons. The molecule has 4 nitrogen and oxygen atoms in total. The highest BCUT2D eigenvalue weighted by Crippen LogP contribution is 2.42. The quantitative estimate of drug-likeness (QED) is 0.759. The first kappa shape index (κ1) is 15.8. The summed E-state index contributed by atoms with van der Waals surface area (Å²) in [4.78, 5) is 14.4. The summed E-state index contributed by atoms with van der Waals surface area (Å²) >= 11 is 0. The molecule has 1 atom stereocenters. The average molecular weight is 282 g/mol. The zero-order chi connectivity index (χ0) is 14.8. The van der Waals surface area contributed by atoms with E-state index in [0.29, 0.717) is 17.9 Å². The third kappa shape index (κ3) is 3.01. The van der Waals surface area contributed by atoms with E-state index in [1.807, 2.05) is 0 Å². The largest absolute Gasteiger partial charge is 0.468 e. The minimum absolute atomic E-state index is 0.234. The molecule has 1 heterocycles. The average Bonchev–Trinajstić information content (AvgIpc) is 3.32. The van der Waals surface area contributed by atoms with E-state index in [1.165, 1.54) is 32.8 Å². The van der Waals surface area contributed by atoms with Crippen LogP contribution in [0.15, 0.2) is 0 Å². The van der Waals surface area contributed by atoms with Crippen LogP contribution in [0.2, 0.25) is 0 Å². The van der Waals surface area contributed by atoms with Gasteiger partial charge in [-0.3, -0.25) is 4.79 Å². The number of nitrogens with two attached hydrogens (primary N) is 1. The van der Waals surface area contributed by atoms with Gasteiger partial charge in [0.1, 0.15) is 5.54 Å². The van der Waals surface area contributed by atoms with Crippen molar-refractivity contribution < 1.29 is 9.53 Å². The SMILES string of the molecule is CCC1(CC)CCN(CC(N)(C(=O)OC)C2CC2)CC1. The molecule has 0 radical (unpaired) electrons. The van der Waals surface area contributed by atoms with E-state index < -0.39 is 5.54 Å². The molecule has 1 aliphatic carbocycles. The van der Waals surface area contributed by atoms with E-state index in [-0.39, 0.29) is 5.97 Å². The van der Waals surface area contributed by atoms with Crippen molar-refractivity contribution in [2.45, 2.75) is 57.9 Å². The first-order chi connectivity index (χ1) is 9.49. The molecule has 0 amide bonds. The molecule has 0 aromatic carbocycles. The van der Waals surface area contributed by atoms with Crippen molar-refractivity contribution in [3.63, 3.8) is 0 Å². The number of esters is 1. The predicted octanol–water partition coefficient (Wildman–Crippen LogP) is 2.17. The lowest BCUT2D eigenvalue weighted by Gasteiger charge is -2.43. The van der Waals surface area contributed by atoms with Gasteiger partial charge in [0, 0.05) is 6.54 Å². The van der Waals surface area contributed by atoms with Crippen molar-refractivity contribution in [2.75, 3.05) is 26.7 Å². The highest BCUT2D eigenvalue weighted by Gasteiger charge is 2.50. The zero-order valence-electron chi connectivity index (χ0n) is 13.3. The van der Waals surface area contributed by atoms with E-state index in [0.717, 1.165) is 25.9 Å². The summed E-state index contributed by atoms with van der Waals surface area (Å²) in [6.07, 6.45) is 7.08. The number of hydrogen-bond donors (Lipinski definition) is 1. The van der Waals surface area contributed by atoms with Crippen LogP contribution in [0, 0.1) is 11.3 Å². The highest BCUT2D eigenvalue weighted by atomic mass is 16.5. The summed E-state index contributed by atoms with van der Waals surface area (Å²) in [5.74, 6) is 0.0850. The van der Waals surface area contributed by atoms with Gasteiger partial charge in [0.25, 0.3) is 0 Å². The molecule has 0 aromatic rings. The predicted molar refractivity (Wildman–Crippen MR) is 80.3 cm³/mol. The highest BCUT2D eigenvalue weighted by molar-refractivity contribution is 5.81. The van der Waals surface area contributed by atoms with Crippen LogP contribution in [0.25, 0.3) is 0 Å². The van der Waals surface area contributed by atoms with Gasteiger partial charge in [-0.2, -0.15) is 0 Å². The molecule has 1 unspecified atom stereocenters. The fourth-order valence-corrected chi connectivity index (χ4v) is 3.66. The molecule has 2 N–H and O–H groups in total. The fourth-order valence-electron chi connectivity index (χ4n) is 3.66. The lowest BCUT2D eigenvalue weighted by Crippen LogP contribution is -2.59. The van der Waals surface area contributed by atoms with Crippen LogP contribution in [-0.2, 0) is 9.53 Å². The van der Waals surface area contributed by atoms with Crippen molar-refractivity contribution in [3.05, 3.63) is 0 Å². The number of likely N-dealkylation sites (tertiary alicyclic amines) is 1. The van der Waals surface area contributed by atoms with Crippen molar-refractivity contribution in [1.29, 1.82) is 0 Å². The maximum Gasteiger partial charge on any atom is 0.327 e. The lowest BCUT2D eigenvalue weighted by molar-refractivity contribution is -0.149. The molecular weight excluding hydrogens is 252 g/mol. The monoisotopic (exact) mass is 282 g/mol. The Morgan fingerprint density at radius 1 is 1.30 bits per heavy atom. The molecule has 1 saturated carbocycles. The Morgan fingerprint density at radius 3 is 2.25 bits per heavy atom. The normalized spacial score (nSPS) is 26.0. The minimum Gasteiger partial charge on any atom is -0.468 e. The van der Waals surface area contributed by atoms with E-state index in [4.69, 9.17) is 10.5 Å². The van der Waals surface area contributed by atoms with Crippen LogP contribution >= 0.6 is 0 Å². The van der Waals surface area contributed by atoms with Gasteiger partial charge in [-0.05, 0) is 50.1 Å². The Morgan fingerprint density at radius 2 is 1.85 bits per heavy atom. The van der Waals surface area contributed by atoms with Gasteiger partial charge in [0.15, 0.2) is 0 Å². The van der Waals surface area contributed by atoms with Gasteiger partial charge >= 0.3 is 5.97 Å². The molecule has 1 aliphatic heterocycles. The minimum atomic E-state index is -0.785. The number of rotatable bonds is 6. The fraction of sp³-hybridized carbons (Fsp3) is 0.938. The van der Waals surface area contributed by atoms with Crippen LogP contribution in [0.1, 0.15) is 52.4 Å². The number of carbonyl (C=O) groups excluding carboxylic acids is 1. The Hall–Kier alpha value is -0.610. The molecule has 4 heteroatoms. The standard InChI is InChI=1S/C16H30N2O2/c1-4-15(5-2)8-10-18(11-9-15)12-16(17,13-6-7-13)14(19)20-3/h13H,4-12,17H2,1-3H3. The number of nitrogens with zero attached hydrogens (tertiary/aromatic N) is 1. The maximum absolute atomic E-state index is 12.1. The van der Waals surface area contributed by atoms with Crippen molar-refractivity contribution in [2.24, 2.45) is 17.1 Å². The zero-order valence-corrected chi connectivity index (χ0v) is 13.3. The van der Waals surface area contributed by atoms with E-state index in [2.05, 4.69) is 18.7 Å². The summed E-state index contributed by atoms with van der Waals surface area (Å²) in [6, 6.07) is 0. The van der Waals surface area contributed by atoms with Gasteiger partial charge < -0.3 is 15.4 Å². The van der Waals surface area contributed by atoms with Crippen LogP contribution in [-0.4, -0.2) is 43.2 Å². The molecule has 2 fully saturated rings. The first-order valence-corrected chi connectivity index (χ1v) is 8.09. The number of carbonyl (C=O) groups is 1. The van der Waals surface area contributed by atoms with Gasteiger partial charge in [-0.25, -0.2) is 0 Å². The molecule has 20 heavy (non-hydrogen) atoms. The molecule has 0 aromatic heterocycles. The van der Waals surface area contributed by atoms with Gasteiger partial charge in [0.2, 0.25) is 0 Å². The van der Waals surface area contributed by atoms with Crippen LogP contribution in [0.5, 0.6) is 0 Å². The summed E-state index contributed by atoms with van der Waals surface area (Å²) in [5.41, 5.74) is 6.13. The van der Waals surface area contributed by atoms with Crippen molar-refractivity contribution >= 4 is 5.97 Å². The Balaban J connectivity index is 1.95. The van der Waals surface area contributed by atoms with E-state index in [1.54, 1.807) is 0 Å². The molecule has 0 spiro atoms. The Bertz CT molecular complexity index is 340. The summed E-state index contributed by atoms with van der Waals surface area (Å²) in [6.45, 7) is 7.37. The number of hydrogen-bond acceptors (Lipinski definition) is 4. The summed E-state index contributed by atoms with van der Waals surface area (Å²) in [7, 11) is 1.45. The van der Waals surface area contributed by atoms with E-state index in [9.17, 15) is 4.79 Å². The molecular formula is C16H30N2O2. The van der Waals surface area contributed by atoms with Crippen LogP contribution in [0.4, 0.5) is 0 Å². The summed E-state index contributed by atoms with van der Waals surface area (Å²) in [5, 5.41) is 0. The smallest absolute Gasteiger partial charge is 0.327 e. The topological polar surface area (TPSA) is 55.6 Å². The first-order valence-electron chi connectivity index (χ1n) is 8.09. The summed E-state index contributed by atoms with van der Waals surface area (Å²) < 4.78 is 4.95. The molecule has 1 saturated heterocycles. The Labute approximate surface area is 123 Å². The number of methoxy groups -OCH3 is 1. The number of ether oxygens (including phenoxy) is 1. The van der Waals surface area contributed by atoms with Crippen LogP contribution in [0.3, 0.4) is 0 Å². The maximum atomic E-state index is 12.1. The Kier molecular flexibility index (Phi) is 4.75. The van der Waals surface area contributed by atoms with Crippen molar-refractivity contribution in [3.8, 4) is 0 Å². The third-order valence-electron chi connectivity index (χ3n) is 5.77. The van der Waals surface area contributed by atoms with Crippen molar-refractivity contribution in [1.82, 2.24) is 4.90 Å². The second-order valence-corrected chi connectivity index (χ2v) is 6.79. The number of piperidine rings is 1. The lowest BCUT2D eigenvalue weighted by atomic mass is 9.74. The second kappa shape index (κ2) is 6.02. The molecule has 0 bridgehead atoms. The molecule has 2 aliphatic rings. The van der Waals surface area contributed by atoms with Gasteiger partial charge in [0.05, 0.1) is 7.11 Å². The second-order valence-electron chi connectivity index (χ2n) is 6.79. The molecule has 2 rings (SSSR count). The van der Waals surface area contributed by atoms with Crippen LogP contribution < -0.4 is 5.73 Å². The van der Waals surface area contributed by atoms with Gasteiger partial charge in [-0.1, -0.05) is 26.7 Å². The van der Waals surface area contributed by atoms with E-state index >= 15 is 0 Å². The third-order valence-corrected chi connectivity index (χ3v) is 5.77. The van der Waals surface area contributed by atoms with Gasteiger partial charge in [-0.15, -0.1) is 0 Å².